The van der Waals surface area contributed by atoms with Crippen LogP contribution in [0.3, 0.4) is 0 Å². The second-order valence-electron chi connectivity index (χ2n) is 8.15. The Morgan fingerprint density at radius 2 is 1.91 bits per heavy atom. The van der Waals surface area contributed by atoms with Gasteiger partial charge in [-0.25, -0.2) is 0 Å². The molecule has 8 nitrogen and oxygen atoms in total. The maximum absolute atomic E-state index is 13.0. The Morgan fingerprint density at radius 3 is 2.53 bits per heavy atom. The number of aromatic nitrogens is 4. The largest absolute Gasteiger partial charge is 0.350 e. The molecule has 0 atom stereocenters. The minimum Gasteiger partial charge on any atom is -0.350 e. The monoisotopic (exact) mass is 500 g/mol. The van der Waals surface area contributed by atoms with Crippen molar-refractivity contribution in [2.75, 3.05) is 11.9 Å². The van der Waals surface area contributed by atoms with E-state index in [0.29, 0.717) is 36.8 Å². The van der Waals surface area contributed by atoms with Gasteiger partial charge >= 0.3 is 0 Å². The number of carbonyl (C=O) groups excluding carboxylic acids is 2. The van der Waals surface area contributed by atoms with Crippen molar-refractivity contribution in [3.05, 3.63) is 63.1 Å². The van der Waals surface area contributed by atoms with Gasteiger partial charge in [0.05, 0.1) is 28.1 Å². The van der Waals surface area contributed by atoms with E-state index in [2.05, 4.69) is 36.8 Å². The number of aryl methyl sites for hydroxylation is 2. The Bertz CT molecular complexity index is 1130. The smallest absolute Gasteiger partial charge is 0.273 e. The van der Waals surface area contributed by atoms with Crippen LogP contribution in [-0.2, 0) is 13.1 Å². The lowest BCUT2D eigenvalue weighted by Gasteiger charge is -2.09. The van der Waals surface area contributed by atoms with Crippen molar-refractivity contribution >= 4 is 33.4 Å². The molecule has 0 spiro atoms. The fourth-order valence-corrected chi connectivity index (χ4v) is 3.51. The number of halogens is 1. The molecule has 0 radical (unpaired) electrons. The molecule has 3 aromatic rings. The van der Waals surface area contributed by atoms with E-state index >= 15 is 0 Å². The van der Waals surface area contributed by atoms with Gasteiger partial charge < -0.3 is 10.6 Å². The topological polar surface area (TPSA) is 93.8 Å². The molecule has 9 heteroatoms. The summed E-state index contributed by atoms with van der Waals surface area (Å²) >= 11 is 3.55. The van der Waals surface area contributed by atoms with E-state index in [-0.39, 0.29) is 17.5 Å². The fourth-order valence-electron chi connectivity index (χ4n) is 3.23. The SMILES string of the molecule is CCn1cc(NC(=O)c2cccc(Cn3nc(C)c(Br)c3C)c2)c(C(=O)NCC(C)C)n1. The number of amides is 2. The number of hydrogen-bond donors (Lipinski definition) is 2. The quantitative estimate of drug-likeness (QED) is 0.485. The Kier molecular flexibility index (Phi) is 7.50. The molecule has 0 aliphatic rings. The third-order valence-electron chi connectivity index (χ3n) is 5.03. The summed E-state index contributed by atoms with van der Waals surface area (Å²) in [5.74, 6) is -0.282. The summed E-state index contributed by atoms with van der Waals surface area (Å²) in [6.45, 7) is 11.6. The fraction of sp³-hybridized carbons (Fsp3) is 0.391. The summed E-state index contributed by atoms with van der Waals surface area (Å²) in [6, 6.07) is 7.39. The van der Waals surface area contributed by atoms with E-state index in [1.165, 1.54) is 0 Å². The van der Waals surface area contributed by atoms with Crippen molar-refractivity contribution in [2.24, 2.45) is 5.92 Å². The number of rotatable bonds is 8. The van der Waals surface area contributed by atoms with Crippen LogP contribution < -0.4 is 10.6 Å². The summed E-state index contributed by atoms with van der Waals surface area (Å²) in [4.78, 5) is 25.6. The van der Waals surface area contributed by atoms with Crippen LogP contribution in [0.5, 0.6) is 0 Å². The number of anilines is 1. The normalized spacial score (nSPS) is 11.1. The highest BCUT2D eigenvalue weighted by Gasteiger charge is 2.19. The maximum Gasteiger partial charge on any atom is 0.273 e. The second-order valence-corrected chi connectivity index (χ2v) is 8.94. The number of benzene rings is 1. The lowest BCUT2D eigenvalue weighted by Crippen LogP contribution is -2.28. The molecule has 170 valence electrons. The zero-order valence-electron chi connectivity index (χ0n) is 19.1. The molecule has 0 saturated heterocycles. The zero-order chi connectivity index (χ0) is 23.4. The van der Waals surface area contributed by atoms with Gasteiger partial charge in [-0.05, 0) is 60.3 Å². The van der Waals surface area contributed by atoms with Gasteiger partial charge in [0.15, 0.2) is 5.69 Å². The number of nitrogens with one attached hydrogen (secondary N) is 2. The van der Waals surface area contributed by atoms with Gasteiger partial charge in [-0.2, -0.15) is 10.2 Å². The number of nitrogens with zero attached hydrogens (tertiary/aromatic N) is 4. The average molecular weight is 501 g/mol. The molecule has 2 heterocycles. The van der Waals surface area contributed by atoms with Gasteiger partial charge in [-0.1, -0.05) is 26.0 Å². The van der Waals surface area contributed by atoms with Gasteiger partial charge in [0.2, 0.25) is 0 Å². The van der Waals surface area contributed by atoms with Crippen LogP contribution >= 0.6 is 15.9 Å². The molecular weight excluding hydrogens is 472 g/mol. The minimum atomic E-state index is -0.301. The lowest BCUT2D eigenvalue weighted by atomic mass is 10.1. The van der Waals surface area contributed by atoms with Crippen molar-refractivity contribution < 1.29 is 9.59 Å². The first-order chi connectivity index (χ1) is 15.2. The molecule has 0 unspecified atom stereocenters. The molecular formula is C23H29BrN6O2. The highest BCUT2D eigenvalue weighted by molar-refractivity contribution is 9.10. The third-order valence-corrected chi connectivity index (χ3v) is 6.18. The van der Waals surface area contributed by atoms with E-state index in [1.54, 1.807) is 16.9 Å². The highest BCUT2D eigenvalue weighted by Crippen LogP contribution is 2.21. The van der Waals surface area contributed by atoms with Crippen LogP contribution in [0.2, 0.25) is 0 Å². The maximum atomic E-state index is 13.0. The predicted octanol–water partition coefficient (Wildman–Crippen LogP) is 4.17. The first-order valence-corrected chi connectivity index (χ1v) is 11.4. The average Bonchev–Trinajstić information content (AvgIpc) is 3.28. The molecule has 0 aliphatic heterocycles. The van der Waals surface area contributed by atoms with Crippen LogP contribution in [0, 0.1) is 19.8 Å². The van der Waals surface area contributed by atoms with Crippen LogP contribution in [0.25, 0.3) is 0 Å². The summed E-state index contributed by atoms with van der Waals surface area (Å²) in [7, 11) is 0. The molecule has 2 N–H and O–H groups in total. The molecule has 2 aromatic heterocycles. The van der Waals surface area contributed by atoms with Gasteiger partial charge in [-0.3, -0.25) is 19.0 Å². The van der Waals surface area contributed by atoms with Gasteiger partial charge in [0, 0.05) is 24.8 Å². The van der Waals surface area contributed by atoms with Crippen LogP contribution in [0.4, 0.5) is 5.69 Å². The van der Waals surface area contributed by atoms with Crippen LogP contribution in [0.15, 0.2) is 34.9 Å². The molecule has 0 saturated carbocycles. The van der Waals surface area contributed by atoms with E-state index < -0.39 is 0 Å². The Morgan fingerprint density at radius 1 is 1.16 bits per heavy atom. The first kappa shape index (κ1) is 23.7. The molecule has 1 aromatic carbocycles. The van der Waals surface area contributed by atoms with Crippen molar-refractivity contribution in [1.82, 2.24) is 24.9 Å². The summed E-state index contributed by atoms with van der Waals surface area (Å²) < 4.78 is 4.53. The first-order valence-electron chi connectivity index (χ1n) is 10.6. The Labute approximate surface area is 196 Å². The zero-order valence-corrected chi connectivity index (χ0v) is 20.7. The Hall–Kier alpha value is -2.94. The van der Waals surface area contributed by atoms with Crippen molar-refractivity contribution in [2.45, 2.75) is 47.7 Å². The highest BCUT2D eigenvalue weighted by atomic mass is 79.9. The van der Waals surface area contributed by atoms with Gasteiger partial charge in [0.1, 0.15) is 0 Å². The van der Waals surface area contributed by atoms with E-state index in [9.17, 15) is 9.59 Å². The molecule has 0 bridgehead atoms. The van der Waals surface area contributed by atoms with Gasteiger partial charge in [-0.15, -0.1) is 0 Å². The molecule has 0 fully saturated rings. The second kappa shape index (κ2) is 10.1. The van der Waals surface area contributed by atoms with Crippen LogP contribution in [0.1, 0.15) is 58.6 Å². The standard InChI is InChI=1S/C23H29BrN6O2/c1-6-29-13-19(21(28-29)23(32)25-11-14(2)3)26-22(31)18-9-7-8-17(10-18)12-30-16(5)20(24)15(4)27-30/h7-10,13-14H,6,11-12H2,1-5H3,(H,25,32)(H,26,31). The van der Waals surface area contributed by atoms with Crippen LogP contribution in [-0.4, -0.2) is 37.9 Å². The summed E-state index contributed by atoms with van der Waals surface area (Å²) in [6.07, 6.45) is 1.68. The number of hydrogen-bond acceptors (Lipinski definition) is 4. The predicted molar refractivity (Wildman–Crippen MR) is 128 cm³/mol. The Balaban J connectivity index is 1.79. The number of carbonyl (C=O) groups is 2. The van der Waals surface area contributed by atoms with E-state index in [4.69, 9.17) is 0 Å². The van der Waals surface area contributed by atoms with Crippen molar-refractivity contribution in [3.8, 4) is 0 Å². The van der Waals surface area contributed by atoms with Crippen molar-refractivity contribution in [1.29, 1.82) is 0 Å². The molecule has 0 aliphatic carbocycles. The molecule has 32 heavy (non-hydrogen) atoms. The summed E-state index contributed by atoms with van der Waals surface area (Å²) in [5.41, 5.74) is 4.01. The minimum absolute atomic E-state index is 0.212. The molecule has 3 rings (SSSR count). The summed E-state index contributed by atoms with van der Waals surface area (Å²) in [5, 5.41) is 14.6. The van der Waals surface area contributed by atoms with E-state index in [0.717, 1.165) is 21.4 Å². The van der Waals surface area contributed by atoms with Crippen molar-refractivity contribution in [3.63, 3.8) is 0 Å². The van der Waals surface area contributed by atoms with Gasteiger partial charge in [0.25, 0.3) is 11.8 Å². The van der Waals surface area contributed by atoms with E-state index in [1.807, 2.05) is 57.5 Å². The third kappa shape index (κ3) is 5.45. The lowest BCUT2D eigenvalue weighted by molar-refractivity contribution is 0.0944. The molecule has 2 amide bonds.